The SMILES string of the molecule is O=P12OP3(=O)[C@@]4(c5ccccc5)CC(c5ccccc5)=C5[C@H](C(c6ccccc6)=C[C@]1(c1ccccc1)[C@]53c1ccccc1)[C@@]42c1ccccc1. The molecule has 7 atom stereocenters. The van der Waals surface area contributed by atoms with Crippen molar-refractivity contribution in [3.63, 3.8) is 0 Å². The van der Waals surface area contributed by atoms with Gasteiger partial charge in [0, 0.05) is 5.92 Å². The fourth-order valence-corrected chi connectivity index (χ4v) is 24.2. The zero-order valence-corrected chi connectivity index (χ0v) is 29.6. The minimum Gasteiger partial charge on any atom is -0.290 e. The average molecular weight is 697 g/mol. The molecule has 7 aliphatic heterocycles. The molecular formula is C46H34O3P2. The second-order valence-electron chi connectivity index (χ2n) is 14.6. The summed E-state index contributed by atoms with van der Waals surface area (Å²) < 4.78 is 42.6. The smallest absolute Gasteiger partial charge is 0.237 e. The van der Waals surface area contributed by atoms with Crippen LogP contribution in [0.4, 0.5) is 0 Å². The van der Waals surface area contributed by atoms with Crippen LogP contribution in [0.5, 0.6) is 0 Å². The van der Waals surface area contributed by atoms with Gasteiger partial charge < -0.3 is 0 Å². The molecule has 51 heavy (non-hydrogen) atoms. The summed E-state index contributed by atoms with van der Waals surface area (Å²) in [4.78, 5) is 0. The molecule has 0 spiro atoms. The molecule has 5 heteroatoms. The largest absolute Gasteiger partial charge is 0.290 e. The molecule has 0 amide bonds. The zero-order chi connectivity index (χ0) is 34.1. The molecule has 2 aliphatic carbocycles. The first kappa shape index (κ1) is 29.9. The van der Waals surface area contributed by atoms with Crippen LogP contribution in [-0.2, 0) is 34.1 Å². The maximum Gasteiger partial charge on any atom is 0.237 e. The molecule has 8 bridgehead atoms. The lowest BCUT2D eigenvalue weighted by molar-refractivity contribution is 0.230. The van der Waals surface area contributed by atoms with Gasteiger partial charge >= 0.3 is 0 Å². The molecule has 6 aromatic rings. The second-order valence-corrected chi connectivity index (χ2v) is 20.3. The summed E-state index contributed by atoms with van der Waals surface area (Å²) in [6.45, 7) is 0. The topological polar surface area (TPSA) is 43.4 Å². The highest BCUT2D eigenvalue weighted by molar-refractivity contribution is 7.83. The van der Waals surface area contributed by atoms with Crippen molar-refractivity contribution in [1.82, 2.24) is 0 Å². The van der Waals surface area contributed by atoms with E-state index in [4.69, 9.17) is 4.31 Å². The van der Waals surface area contributed by atoms with E-state index in [0.717, 1.165) is 44.5 Å². The highest BCUT2D eigenvalue weighted by atomic mass is 31.2. The van der Waals surface area contributed by atoms with Crippen molar-refractivity contribution in [2.45, 2.75) is 27.0 Å². The number of hydrogen-bond acceptors (Lipinski definition) is 3. The lowest BCUT2D eigenvalue weighted by atomic mass is 9.50. The number of benzene rings is 6. The Morgan fingerprint density at radius 3 is 1.49 bits per heavy atom. The van der Waals surface area contributed by atoms with Gasteiger partial charge in [-0.15, -0.1) is 0 Å². The van der Waals surface area contributed by atoms with Gasteiger partial charge in [0.05, 0.1) is 5.16 Å². The second kappa shape index (κ2) is 9.96. The molecule has 5 saturated heterocycles. The van der Waals surface area contributed by atoms with Crippen molar-refractivity contribution in [3.05, 3.63) is 227 Å². The number of fused-ring (bicyclic) bond motifs is 1. The zero-order valence-electron chi connectivity index (χ0n) is 27.8. The molecule has 0 aromatic heterocycles. The Balaban J connectivity index is 1.47. The van der Waals surface area contributed by atoms with Crippen LogP contribution in [0.15, 0.2) is 194 Å². The fourth-order valence-electron chi connectivity index (χ4n) is 11.6. The lowest BCUT2D eigenvalue weighted by Crippen LogP contribution is -2.73. The van der Waals surface area contributed by atoms with Crippen LogP contribution in [0.2, 0.25) is 0 Å². The predicted molar refractivity (Wildman–Crippen MR) is 205 cm³/mol. The van der Waals surface area contributed by atoms with Gasteiger partial charge in [0.15, 0.2) is 0 Å². The van der Waals surface area contributed by atoms with Crippen molar-refractivity contribution in [2.24, 2.45) is 5.92 Å². The summed E-state index contributed by atoms with van der Waals surface area (Å²) in [5, 5.41) is -4.78. The van der Waals surface area contributed by atoms with Crippen molar-refractivity contribution in [3.8, 4) is 0 Å². The molecule has 2 unspecified atom stereocenters. The molecular weight excluding hydrogens is 662 g/mol. The molecule has 5 fully saturated rings. The van der Waals surface area contributed by atoms with Crippen molar-refractivity contribution in [2.75, 3.05) is 0 Å². The maximum absolute atomic E-state index is 17.6. The Kier molecular flexibility index (Phi) is 5.84. The Hall–Kier alpha value is -4.78. The van der Waals surface area contributed by atoms with Gasteiger partial charge in [-0.05, 0) is 56.5 Å². The third-order valence-electron chi connectivity index (χ3n) is 12.9. The molecule has 15 rings (SSSR count). The Morgan fingerprint density at radius 1 is 0.490 bits per heavy atom. The molecule has 0 saturated carbocycles. The molecule has 7 heterocycles. The third-order valence-corrected chi connectivity index (χ3v) is 22.1. The van der Waals surface area contributed by atoms with Crippen LogP contribution < -0.4 is 0 Å². The highest BCUT2D eigenvalue weighted by Gasteiger charge is 3.04. The predicted octanol–water partition coefficient (Wildman–Crippen LogP) is 11.8. The summed E-state index contributed by atoms with van der Waals surface area (Å²) in [5.74, 6) is -0.382. The molecule has 246 valence electrons. The van der Waals surface area contributed by atoms with Gasteiger partial charge in [-0.2, -0.15) is 0 Å². The van der Waals surface area contributed by atoms with Gasteiger partial charge in [-0.1, -0.05) is 188 Å². The number of hydrogen-bond donors (Lipinski definition) is 0. The third kappa shape index (κ3) is 2.95. The van der Waals surface area contributed by atoms with Crippen molar-refractivity contribution < 1.29 is 13.4 Å². The van der Waals surface area contributed by atoms with Crippen LogP contribution in [0, 0.1) is 5.92 Å². The minimum absolute atomic E-state index is 0.382. The van der Waals surface area contributed by atoms with E-state index in [-0.39, 0.29) is 5.92 Å². The monoisotopic (exact) mass is 696 g/mol. The number of rotatable bonds is 6. The average Bonchev–Trinajstić information content (AvgIpc) is 3.53. The Bertz CT molecular complexity index is 2530. The Labute approximate surface area is 298 Å². The Morgan fingerprint density at radius 2 is 0.941 bits per heavy atom. The van der Waals surface area contributed by atoms with E-state index in [1.165, 1.54) is 5.57 Å². The van der Waals surface area contributed by atoms with Gasteiger partial charge in [0.25, 0.3) is 0 Å². The first-order valence-electron chi connectivity index (χ1n) is 17.7. The van der Waals surface area contributed by atoms with Crippen molar-refractivity contribution >= 4 is 25.9 Å². The summed E-state index contributed by atoms with van der Waals surface area (Å²) in [6, 6.07) is 62.5. The standard InChI is InChI=1S/C46H34O3P2/c47-50-43(35-23-11-3-12-24-35)31-39(33-19-7-1-8-20-33)41-42-40(34-21-9-2-10-22-34)32-44(36-25-13-4-14-26-36,45(41,50)37-27-15-5-16-28-37)51(48,49-50)46(42,43)38-29-17-6-18-30-38/h1-31,41H,32H2/t41-,43-,44+,45-,46-,50?,51?/m0/s1. The summed E-state index contributed by atoms with van der Waals surface area (Å²) in [5.41, 5.74) is 9.29. The molecule has 6 aromatic carbocycles. The lowest BCUT2D eigenvalue weighted by Gasteiger charge is -2.75. The molecule has 9 aliphatic rings. The normalized spacial score (nSPS) is 35.0. The van der Waals surface area contributed by atoms with E-state index in [0.29, 0.717) is 6.42 Å². The van der Waals surface area contributed by atoms with E-state index in [2.05, 4.69) is 115 Å². The first-order chi connectivity index (χ1) is 25.0. The summed E-state index contributed by atoms with van der Waals surface area (Å²) in [6.07, 6.45) is 2.74. The fraction of sp³-hybridized carbons (Fsp3) is 0.130. The van der Waals surface area contributed by atoms with Gasteiger partial charge in [-0.25, -0.2) is 0 Å². The molecule has 3 nitrogen and oxygen atoms in total. The molecule has 0 N–H and O–H groups in total. The minimum atomic E-state index is -4.02. The van der Waals surface area contributed by atoms with E-state index in [9.17, 15) is 0 Å². The van der Waals surface area contributed by atoms with Gasteiger partial charge in [0.1, 0.15) is 15.5 Å². The van der Waals surface area contributed by atoms with Crippen molar-refractivity contribution in [1.29, 1.82) is 0 Å². The maximum atomic E-state index is 17.6. The summed E-state index contributed by atoms with van der Waals surface area (Å²) >= 11 is 0. The van der Waals surface area contributed by atoms with Gasteiger partial charge in [-0.3, -0.25) is 13.4 Å². The quantitative estimate of drug-likeness (QED) is 0.163. The van der Waals surface area contributed by atoms with Gasteiger partial charge in [0.2, 0.25) is 14.7 Å². The van der Waals surface area contributed by atoms with E-state index < -0.39 is 35.4 Å². The summed E-state index contributed by atoms with van der Waals surface area (Å²) in [7, 11) is -8.04. The van der Waals surface area contributed by atoms with Crippen LogP contribution in [0.3, 0.4) is 0 Å². The number of allylic oxidation sites excluding steroid dienone is 4. The highest BCUT2D eigenvalue weighted by Crippen LogP contribution is 3.17. The van der Waals surface area contributed by atoms with Crippen LogP contribution in [-0.4, -0.2) is 0 Å². The first-order valence-corrected chi connectivity index (χ1v) is 21.0. The van der Waals surface area contributed by atoms with E-state index in [1.807, 2.05) is 72.8 Å². The van der Waals surface area contributed by atoms with Crippen LogP contribution in [0.1, 0.15) is 39.8 Å². The van der Waals surface area contributed by atoms with Crippen LogP contribution >= 0.6 is 14.7 Å². The van der Waals surface area contributed by atoms with E-state index >= 15 is 9.13 Å². The molecule has 0 radical (unpaired) electrons. The van der Waals surface area contributed by atoms with Crippen LogP contribution in [0.25, 0.3) is 11.1 Å². The van der Waals surface area contributed by atoms with E-state index in [1.54, 1.807) is 0 Å².